The number of pyridine rings is 1. The fourth-order valence-electron chi connectivity index (χ4n) is 1.97. The number of nitrogens with two attached hydrogens (primary N) is 1. The predicted molar refractivity (Wildman–Crippen MR) is 64.6 cm³/mol. The molecular weight excluding hydrogens is 218 g/mol. The number of anilines is 1. The van der Waals surface area contributed by atoms with E-state index >= 15 is 0 Å². The van der Waals surface area contributed by atoms with Crippen LogP contribution in [-0.2, 0) is 4.74 Å². The fraction of sp³-hybridized carbons (Fsp3) is 0.500. The number of likely N-dealkylation sites (N-methyl/N-ethyl adjacent to an activating group) is 1. The molecule has 2 N–H and O–H groups in total. The standard InChI is InChI=1S/C12H17N3O2/c1-15(8-9-3-2-6-17-9)12(16)10-7-14-5-4-11(10)13/h4-5,7,9H,2-3,6,8H2,1H3,(H2,13,14)/t9-/m1/s1. The Morgan fingerprint density at radius 1 is 1.71 bits per heavy atom. The van der Waals surface area contributed by atoms with E-state index in [9.17, 15) is 4.79 Å². The summed E-state index contributed by atoms with van der Waals surface area (Å²) in [4.78, 5) is 17.7. The zero-order valence-corrected chi connectivity index (χ0v) is 9.93. The van der Waals surface area contributed by atoms with Crippen molar-refractivity contribution in [1.82, 2.24) is 9.88 Å². The van der Waals surface area contributed by atoms with Gasteiger partial charge in [0.2, 0.25) is 0 Å². The van der Waals surface area contributed by atoms with Crippen molar-refractivity contribution >= 4 is 11.6 Å². The van der Waals surface area contributed by atoms with Gasteiger partial charge >= 0.3 is 0 Å². The molecule has 0 aliphatic carbocycles. The normalized spacial score (nSPS) is 19.2. The maximum atomic E-state index is 12.1. The van der Waals surface area contributed by atoms with Crippen molar-refractivity contribution in [2.45, 2.75) is 18.9 Å². The monoisotopic (exact) mass is 235 g/mol. The number of carbonyl (C=O) groups is 1. The highest BCUT2D eigenvalue weighted by atomic mass is 16.5. The lowest BCUT2D eigenvalue weighted by Gasteiger charge is -2.21. The van der Waals surface area contributed by atoms with Crippen LogP contribution < -0.4 is 5.73 Å². The molecule has 0 spiro atoms. The Morgan fingerprint density at radius 3 is 3.18 bits per heavy atom. The number of hydrogen-bond donors (Lipinski definition) is 1. The zero-order chi connectivity index (χ0) is 12.3. The van der Waals surface area contributed by atoms with Crippen LogP contribution in [-0.4, -0.2) is 42.1 Å². The minimum absolute atomic E-state index is 0.105. The molecule has 0 aromatic carbocycles. The van der Waals surface area contributed by atoms with E-state index in [0.29, 0.717) is 17.8 Å². The lowest BCUT2D eigenvalue weighted by atomic mass is 10.2. The van der Waals surface area contributed by atoms with Crippen LogP contribution >= 0.6 is 0 Å². The van der Waals surface area contributed by atoms with E-state index < -0.39 is 0 Å². The largest absolute Gasteiger partial charge is 0.398 e. The van der Waals surface area contributed by atoms with Gasteiger partial charge in [0.05, 0.1) is 11.7 Å². The van der Waals surface area contributed by atoms with E-state index in [1.54, 1.807) is 24.2 Å². The van der Waals surface area contributed by atoms with Crippen molar-refractivity contribution in [3.05, 3.63) is 24.0 Å². The third-order valence-electron chi connectivity index (χ3n) is 2.93. The highest BCUT2D eigenvalue weighted by Crippen LogP contribution is 2.15. The summed E-state index contributed by atoms with van der Waals surface area (Å²) in [6.45, 7) is 1.40. The van der Waals surface area contributed by atoms with Crippen molar-refractivity contribution in [3.63, 3.8) is 0 Å². The van der Waals surface area contributed by atoms with Crippen molar-refractivity contribution in [3.8, 4) is 0 Å². The Morgan fingerprint density at radius 2 is 2.53 bits per heavy atom. The van der Waals surface area contributed by atoms with Crippen molar-refractivity contribution in [1.29, 1.82) is 0 Å². The van der Waals surface area contributed by atoms with Gasteiger partial charge in [0, 0.05) is 38.3 Å². The summed E-state index contributed by atoms with van der Waals surface area (Å²) < 4.78 is 5.50. The third kappa shape index (κ3) is 2.74. The Bertz CT molecular complexity index is 402. The molecule has 2 heterocycles. The number of nitrogen functional groups attached to an aromatic ring is 1. The molecule has 5 heteroatoms. The molecule has 1 amide bonds. The van der Waals surface area contributed by atoms with Crippen molar-refractivity contribution in [2.24, 2.45) is 0 Å². The highest BCUT2D eigenvalue weighted by molar-refractivity contribution is 5.98. The molecule has 1 saturated heterocycles. The molecular formula is C12H17N3O2. The average molecular weight is 235 g/mol. The van der Waals surface area contributed by atoms with Gasteiger partial charge < -0.3 is 15.4 Å². The van der Waals surface area contributed by atoms with Crippen LogP contribution in [0.15, 0.2) is 18.5 Å². The number of aromatic nitrogens is 1. The summed E-state index contributed by atoms with van der Waals surface area (Å²) in [6.07, 6.45) is 5.32. The molecule has 1 aliphatic heterocycles. The molecule has 5 nitrogen and oxygen atoms in total. The first-order valence-corrected chi connectivity index (χ1v) is 5.75. The highest BCUT2D eigenvalue weighted by Gasteiger charge is 2.21. The van der Waals surface area contributed by atoms with E-state index in [1.165, 1.54) is 6.20 Å². The number of carbonyl (C=O) groups excluding carboxylic acids is 1. The maximum Gasteiger partial charge on any atom is 0.257 e. The van der Waals surface area contributed by atoms with Crippen molar-refractivity contribution < 1.29 is 9.53 Å². The predicted octanol–water partition coefficient (Wildman–Crippen LogP) is 0.915. The molecule has 17 heavy (non-hydrogen) atoms. The van der Waals surface area contributed by atoms with Gasteiger partial charge in [-0.25, -0.2) is 0 Å². The molecule has 1 aromatic rings. The minimum Gasteiger partial charge on any atom is -0.398 e. The van der Waals surface area contributed by atoms with Crippen LogP contribution in [0.25, 0.3) is 0 Å². The summed E-state index contributed by atoms with van der Waals surface area (Å²) in [5.41, 5.74) is 6.66. The first kappa shape index (κ1) is 11.9. The Kier molecular flexibility index (Phi) is 3.58. The molecule has 0 unspecified atom stereocenters. The van der Waals surface area contributed by atoms with E-state index in [-0.39, 0.29) is 12.0 Å². The maximum absolute atomic E-state index is 12.1. The van der Waals surface area contributed by atoms with Gasteiger partial charge in [0.25, 0.3) is 5.91 Å². The molecule has 1 aromatic heterocycles. The van der Waals surface area contributed by atoms with E-state index in [2.05, 4.69) is 4.98 Å². The zero-order valence-electron chi connectivity index (χ0n) is 9.93. The number of nitrogens with zero attached hydrogens (tertiary/aromatic N) is 2. The molecule has 0 saturated carbocycles. The molecule has 0 radical (unpaired) electrons. The van der Waals surface area contributed by atoms with E-state index in [0.717, 1.165) is 19.4 Å². The number of ether oxygens (including phenoxy) is 1. The van der Waals surface area contributed by atoms with Crippen LogP contribution in [0.3, 0.4) is 0 Å². The van der Waals surface area contributed by atoms with Gasteiger partial charge in [-0.3, -0.25) is 9.78 Å². The molecule has 1 aliphatic rings. The van der Waals surface area contributed by atoms with Gasteiger partial charge in [0.1, 0.15) is 0 Å². The Hall–Kier alpha value is -1.62. The second-order valence-corrected chi connectivity index (χ2v) is 4.28. The number of hydrogen-bond acceptors (Lipinski definition) is 4. The Labute approximate surface area is 101 Å². The summed E-state index contributed by atoms with van der Waals surface area (Å²) in [5, 5.41) is 0. The minimum atomic E-state index is -0.105. The van der Waals surface area contributed by atoms with Crippen LogP contribution in [0.4, 0.5) is 5.69 Å². The molecule has 1 atom stereocenters. The van der Waals surface area contributed by atoms with Crippen LogP contribution in [0.1, 0.15) is 23.2 Å². The number of amides is 1. The quantitative estimate of drug-likeness (QED) is 0.845. The first-order chi connectivity index (χ1) is 8.18. The first-order valence-electron chi connectivity index (χ1n) is 5.75. The summed E-state index contributed by atoms with van der Waals surface area (Å²) in [6, 6.07) is 1.63. The van der Waals surface area contributed by atoms with Gasteiger partial charge in [-0.1, -0.05) is 0 Å². The average Bonchev–Trinajstić information content (AvgIpc) is 2.81. The lowest BCUT2D eigenvalue weighted by molar-refractivity contribution is 0.0587. The molecule has 1 fully saturated rings. The lowest BCUT2D eigenvalue weighted by Crippen LogP contribution is -2.34. The number of rotatable bonds is 3. The summed E-state index contributed by atoms with van der Waals surface area (Å²) >= 11 is 0. The summed E-state index contributed by atoms with van der Waals surface area (Å²) in [5.74, 6) is -0.105. The summed E-state index contributed by atoms with van der Waals surface area (Å²) in [7, 11) is 1.76. The second kappa shape index (κ2) is 5.14. The molecule has 0 bridgehead atoms. The van der Waals surface area contributed by atoms with Gasteiger partial charge in [-0.2, -0.15) is 0 Å². The van der Waals surface area contributed by atoms with Crippen LogP contribution in [0.2, 0.25) is 0 Å². The third-order valence-corrected chi connectivity index (χ3v) is 2.93. The van der Waals surface area contributed by atoms with E-state index in [4.69, 9.17) is 10.5 Å². The Balaban J connectivity index is 2.01. The van der Waals surface area contributed by atoms with Gasteiger partial charge in [0.15, 0.2) is 0 Å². The van der Waals surface area contributed by atoms with Gasteiger partial charge in [-0.15, -0.1) is 0 Å². The smallest absolute Gasteiger partial charge is 0.257 e. The SMILES string of the molecule is CN(C[C@H]1CCCO1)C(=O)c1cnccc1N. The van der Waals surface area contributed by atoms with Crippen molar-refractivity contribution in [2.75, 3.05) is 25.9 Å². The van der Waals surface area contributed by atoms with Crippen LogP contribution in [0.5, 0.6) is 0 Å². The van der Waals surface area contributed by atoms with Gasteiger partial charge in [-0.05, 0) is 18.9 Å². The van der Waals surface area contributed by atoms with E-state index in [1.807, 2.05) is 0 Å². The molecule has 2 rings (SSSR count). The fourth-order valence-corrected chi connectivity index (χ4v) is 1.97. The second-order valence-electron chi connectivity index (χ2n) is 4.28. The topological polar surface area (TPSA) is 68.5 Å². The van der Waals surface area contributed by atoms with Crippen LogP contribution in [0, 0.1) is 0 Å². The molecule has 92 valence electrons.